The van der Waals surface area contributed by atoms with Crippen molar-refractivity contribution in [3.8, 4) is 10.6 Å². The van der Waals surface area contributed by atoms with Crippen LogP contribution in [-0.2, 0) is 6.42 Å². The number of hydrogen-bond acceptors (Lipinski definition) is 6. The predicted molar refractivity (Wildman–Crippen MR) is 88.7 cm³/mol. The lowest BCUT2D eigenvalue weighted by Crippen LogP contribution is -2.15. The lowest BCUT2D eigenvalue weighted by Gasteiger charge is -2.07. The normalized spacial score (nSPS) is 10.7. The van der Waals surface area contributed by atoms with Crippen LogP contribution in [0.25, 0.3) is 10.6 Å². The Labute approximate surface area is 137 Å². The second-order valence-electron chi connectivity index (χ2n) is 5.04. The number of amides is 1. The second-order valence-corrected chi connectivity index (χ2v) is 5.99. The maximum absolute atomic E-state index is 12.7. The molecule has 1 N–H and O–H groups in total. The van der Waals surface area contributed by atoms with Gasteiger partial charge in [-0.3, -0.25) is 4.79 Å². The molecule has 3 rings (SSSR count). The smallest absolute Gasteiger partial charge is 0.262 e. The highest BCUT2D eigenvalue weighted by Gasteiger charge is 2.22. The highest BCUT2D eigenvalue weighted by molar-refractivity contribution is 7.13. The molecule has 3 aromatic heterocycles. The molecule has 0 spiro atoms. The van der Waals surface area contributed by atoms with Gasteiger partial charge in [-0.1, -0.05) is 18.1 Å². The number of carbonyl (C=O) groups excluding carboxylic acids is 1. The van der Waals surface area contributed by atoms with Gasteiger partial charge in [0, 0.05) is 11.8 Å². The third-order valence-corrected chi connectivity index (χ3v) is 4.22. The van der Waals surface area contributed by atoms with Gasteiger partial charge in [0.15, 0.2) is 0 Å². The van der Waals surface area contributed by atoms with Crippen molar-refractivity contribution < 1.29 is 9.32 Å². The van der Waals surface area contributed by atoms with Crippen LogP contribution >= 0.6 is 11.3 Å². The molecule has 7 heteroatoms. The van der Waals surface area contributed by atoms with Gasteiger partial charge in [-0.2, -0.15) is 0 Å². The molecule has 118 valence electrons. The number of anilines is 1. The molecule has 23 heavy (non-hydrogen) atoms. The SMILES string of the molecule is CCc1cc(NC(=O)c2c(-c3cccs3)noc2C)nc(C)n1. The third-order valence-electron chi connectivity index (χ3n) is 3.34. The summed E-state index contributed by atoms with van der Waals surface area (Å²) in [4.78, 5) is 22.1. The lowest BCUT2D eigenvalue weighted by molar-refractivity contribution is 0.102. The standard InChI is InChI=1S/C16H16N4O2S/c1-4-11-8-13(18-10(3)17-11)19-16(21)14-9(2)22-20-15(14)12-6-5-7-23-12/h5-8H,4H2,1-3H3,(H,17,18,19,21). The molecule has 0 radical (unpaired) electrons. The molecule has 0 unspecified atom stereocenters. The van der Waals surface area contributed by atoms with Crippen molar-refractivity contribution in [3.05, 3.63) is 46.4 Å². The Morgan fingerprint density at radius 3 is 2.87 bits per heavy atom. The largest absolute Gasteiger partial charge is 0.360 e. The summed E-state index contributed by atoms with van der Waals surface area (Å²) in [6.45, 7) is 5.53. The van der Waals surface area contributed by atoms with E-state index < -0.39 is 0 Å². The maximum Gasteiger partial charge on any atom is 0.262 e. The number of carbonyl (C=O) groups is 1. The molecule has 0 aliphatic rings. The van der Waals surface area contributed by atoms with Gasteiger partial charge in [0.1, 0.15) is 28.7 Å². The minimum Gasteiger partial charge on any atom is -0.360 e. The summed E-state index contributed by atoms with van der Waals surface area (Å²) < 4.78 is 5.21. The summed E-state index contributed by atoms with van der Waals surface area (Å²) in [5.41, 5.74) is 1.87. The van der Waals surface area contributed by atoms with Crippen LogP contribution in [0.2, 0.25) is 0 Å². The molecule has 0 bridgehead atoms. The molecule has 0 saturated carbocycles. The molecule has 6 nitrogen and oxygen atoms in total. The number of aryl methyl sites for hydroxylation is 3. The van der Waals surface area contributed by atoms with Crippen molar-refractivity contribution in [1.82, 2.24) is 15.1 Å². The van der Waals surface area contributed by atoms with Crippen LogP contribution in [0.4, 0.5) is 5.82 Å². The summed E-state index contributed by atoms with van der Waals surface area (Å²) in [6.07, 6.45) is 0.777. The van der Waals surface area contributed by atoms with Crippen molar-refractivity contribution in [1.29, 1.82) is 0 Å². The van der Waals surface area contributed by atoms with Crippen LogP contribution < -0.4 is 5.32 Å². The Hall–Kier alpha value is -2.54. The first kappa shape index (κ1) is 15.4. The molecule has 0 aliphatic heterocycles. The Morgan fingerprint density at radius 2 is 2.17 bits per heavy atom. The Balaban J connectivity index is 1.93. The fraction of sp³-hybridized carbons (Fsp3) is 0.250. The Morgan fingerprint density at radius 1 is 1.35 bits per heavy atom. The zero-order valence-electron chi connectivity index (χ0n) is 13.1. The minimum atomic E-state index is -0.285. The van der Waals surface area contributed by atoms with E-state index in [0.29, 0.717) is 28.7 Å². The molecule has 0 fully saturated rings. The number of hydrogen-bond donors (Lipinski definition) is 1. The molecule has 0 saturated heterocycles. The van der Waals surface area contributed by atoms with Gasteiger partial charge in [0.2, 0.25) is 0 Å². The first-order chi connectivity index (χ1) is 11.1. The average molecular weight is 328 g/mol. The van der Waals surface area contributed by atoms with Crippen LogP contribution in [0.3, 0.4) is 0 Å². The first-order valence-electron chi connectivity index (χ1n) is 7.24. The van der Waals surface area contributed by atoms with Crippen LogP contribution in [0.1, 0.15) is 34.6 Å². The third kappa shape index (κ3) is 3.14. The average Bonchev–Trinajstić information content (AvgIpc) is 3.15. The van der Waals surface area contributed by atoms with Crippen LogP contribution in [0, 0.1) is 13.8 Å². The van der Waals surface area contributed by atoms with Crippen molar-refractivity contribution in [3.63, 3.8) is 0 Å². The number of rotatable bonds is 4. The number of nitrogens with one attached hydrogen (secondary N) is 1. The van der Waals surface area contributed by atoms with E-state index >= 15 is 0 Å². The van der Waals surface area contributed by atoms with Crippen molar-refractivity contribution in [2.45, 2.75) is 27.2 Å². The molecule has 0 aromatic carbocycles. The lowest BCUT2D eigenvalue weighted by atomic mass is 10.1. The second kappa shape index (κ2) is 6.29. The van der Waals surface area contributed by atoms with E-state index in [0.717, 1.165) is 17.0 Å². The van der Waals surface area contributed by atoms with E-state index in [1.807, 2.05) is 24.4 Å². The Bertz CT molecular complexity index is 840. The van der Waals surface area contributed by atoms with Crippen LogP contribution in [0.15, 0.2) is 28.1 Å². The number of aromatic nitrogens is 3. The summed E-state index contributed by atoms with van der Waals surface area (Å²) in [6, 6.07) is 5.59. The van der Waals surface area contributed by atoms with Gasteiger partial charge in [-0.25, -0.2) is 9.97 Å². The van der Waals surface area contributed by atoms with Crippen molar-refractivity contribution >= 4 is 23.1 Å². The van der Waals surface area contributed by atoms with E-state index in [4.69, 9.17) is 4.52 Å². The number of thiophene rings is 1. The fourth-order valence-corrected chi connectivity index (χ4v) is 2.99. The predicted octanol–water partition coefficient (Wildman–Crippen LogP) is 3.62. The summed E-state index contributed by atoms with van der Waals surface area (Å²) in [7, 11) is 0. The first-order valence-corrected chi connectivity index (χ1v) is 8.12. The monoisotopic (exact) mass is 328 g/mol. The van der Waals surface area contributed by atoms with Gasteiger partial charge in [0.25, 0.3) is 5.91 Å². The van der Waals surface area contributed by atoms with Gasteiger partial charge >= 0.3 is 0 Å². The fourth-order valence-electron chi connectivity index (χ4n) is 2.27. The van der Waals surface area contributed by atoms with Gasteiger partial charge in [0.05, 0.1) is 4.88 Å². The quantitative estimate of drug-likeness (QED) is 0.791. The topological polar surface area (TPSA) is 80.9 Å². The van der Waals surface area contributed by atoms with Gasteiger partial charge < -0.3 is 9.84 Å². The summed E-state index contributed by atoms with van der Waals surface area (Å²) in [5, 5.41) is 8.76. The van der Waals surface area contributed by atoms with E-state index in [1.165, 1.54) is 11.3 Å². The zero-order chi connectivity index (χ0) is 16.4. The maximum atomic E-state index is 12.7. The molecule has 0 atom stereocenters. The van der Waals surface area contributed by atoms with Gasteiger partial charge in [-0.15, -0.1) is 11.3 Å². The van der Waals surface area contributed by atoms with Crippen LogP contribution in [-0.4, -0.2) is 21.0 Å². The molecule has 3 aromatic rings. The van der Waals surface area contributed by atoms with E-state index in [9.17, 15) is 4.79 Å². The zero-order valence-corrected chi connectivity index (χ0v) is 13.9. The molecular formula is C16H16N4O2S. The highest BCUT2D eigenvalue weighted by Crippen LogP contribution is 2.29. The van der Waals surface area contributed by atoms with Crippen molar-refractivity contribution in [2.24, 2.45) is 0 Å². The summed E-state index contributed by atoms with van der Waals surface area (Å²) in [5.74, 6) is 1.30. The molecule has 3 heterocycles. The van der Waals surface area contributed by atoms with E-state index in [-0.39, 0.29) is 5.91 Å². The molecule has 1 amide bonds. The number of nitrogens with zero attached hydrogens (tertiary/aromatic N) is 3. The molecule has 0 aliphatic carbocycles. The minimum absolute atomic E-state index is 0.285. The van der Waals surface area contributed by atoms with Gasteiger partial charge in [-0.05, 0) is 31.7 Å². The highest BCUT2D eigenvalue weighted by atomic mass is 32.1. The van der Waals surface area contributed by atoms with E-state index in [1.54, 1.807) is 19.9 Å². The van der Waals surface area contributed by atoms with E-state index in [2.05, 4.69) is 20.4 Å². The molecular weight excluding hydrogens is 312 g/mol. The van der Waals surface area contributed by atoms with Crippen molar-refractivity contribution in [2.75, 3.05) is 5.32 Å². The van der Waals surface area contributed by atoms with Crippen LogP contribution in [0.5, 0.6) is 0 Å². The summed E-state index contributed by atoms with van der Waals surface area (Å²) >= 11 is 1.51. The Kier molecular flexibility index (Phi) is 4.20.